The highest BCUT2D eigenvalue weighted by Crippen LogP contribution is 2.26. The van der Waals surface area contributed by atoms with Gasteiger partial charge in [0.2, 0.25) is 0 Å². The van der Waals surface area contributed by atoms with Crippen LogP contribution in [0.3, 0.4) is 0 Å². The predicted molar refractivity (Wildman–Crippen MR) is 105 cm³/mol. The van der Waals surface area contributed by atoms with E-state index in [1.54, 1.807) is 23.1 Å². The monoisotopic (exact) mass is 366 g/mol. The highest BCUT2D eigenvalue weighted by Gasteiger charge is 2.20. The topological polar surface area (TPSA) is 62.6 Å². The fourth-order valence-corrected chi connectivity index (χ4v) is 2.79. The molecule has 0 saturated heterocycles. The molecule has 0 bridgehead atoms. The van der Waals surface area contributed by atoms with E-state index in [2.05, 4.69) is 6.07 Å². The van der Waals surface area contributed by atoms with Crippen molar-refractivity contribution < 1.29 is 14.3 Å². The van der Waals surface area contributed by atoms with Gasteiger partial charge >= 0.3 is 0 Å². The lowest BCUT2D eigenvalue weighted by atomic mass is 10.1. The molecule has 0 atom stereocenters. The molecule has 142 valence electrons. The Morgan fingerprint density at radius 3 is 2.44 bits per heavy atom. The van der Waals surface area contributed by atoms with Crippen molar-refractivity contribution in [2.45, 2.75) is 26.7 Å². The first-order chi connectivity index (χ1) is 13.2. The van der Waals surface area contributed by atoms with Gasteiger partial charge in [-0.15, -0.1) is 0 Å². The van der Waals surface area contributed by atoms with Gasteiger partial charge in [-0.2, -0.15) is 5.26 Å². The Kier molecular flexibility index (Phi) is 8.18. The first kappa shape index (κ1) is 20.3. The summed E-state index contributed by atoms with van der Waals surface area (Å²) in [6.45, 7) is 5.73. The number of benzene rings is 2. The Balaban J connectivity index is 2.21. The largest absolute Gasteiger partial charge is 0.494 e. The van der Waals surface area contributed by atoms with Gasteiger partial charge in [0.05, 0.1) is 31.3 Å². The van der Waals surface area contributed by atoms with E-state index in [-0.39, 0.29) is 5.91 Å². The number of carbonyl (C=O) groups excluding carboxylic acids is 1. The van der Waals surface area contributed by atoms with Crippen molar-refractivity contribution in [2.75, 3.05) is 26.3 Å². The first-order valence-corrected chi connectivity index (χ1v) is 9.29. The van der Waals surface area contributed by atoms with Crippen molar-refractivity contribution in [3.63, 3.8) is 0 Å². The second-order valence-electron chi connectivity index (χ2n) is 5.96. The molecule has 0 aliphatic heterocycles. The lowest BCUT2D eigenvalue weighted by molar-refractivity contribution is 0.0756. The highest BCUT2D eigenvalue weighted by atomic mass is 16.5. The molecular formula is C22H26N2O3. The zero-order valence-electron chi connectivity index (χ0n) is 16.0. The van der Waals surface area contributed by atoms with Crippen molar-refractivity contribution in [1.29, 1.82) is 5.26 Å². The molecule has 0 radical (unpaired) electrons. The van der Waals surface area contributed by atoms with Crippen molar-refractivity contribution in [2.24, 2.45) is 0 Å². The van der Waals surface area contributed by atoms with Crippen LogP contribution in [0.5, 0.6) is 11.5 Å². The molecule has 0 aliphatic carbocycles. The smallest absolute Gasteiger partial charge is 0.257 e. The standard InChI is InChI=1S/C22H26N2O3/c1-3-26-19-11-12-20(21(17-19)27-4-2)22(25)24(15-8-14-23)16-13-18-9-6-5-7-10-18/h5-7,9-12,17H,3-4,8,13,15-16H2,1-2H3. The summed E-state index contributed by atoms with van der Waals surface area (Å²) in [6, 6.07) is 17.4. The SMILES string of the molecule is CCOc1ccc(C(=O)N(CCC#N)CCc2ccccc2)c(OCC)c1. The second-order valence-corrected chi connectivity index (χ2v) is 5.96. The summed E-state index contributed by atoms with van der Waals surface area (Å²) in [7, 11) is 0. The van der Waals surface area contributed by atoms with Crippen LogP contribution in [0.2, 0.25) is 0 Å². The van der Waals surface area contributed by atoms with Crippen LogP contribution in [0.4, 0.5) is 0 Å². The maximum atomic E-state index is 13.1. The summed E-state index contributed by atoms with van der Waals surface area (Å²) in [6.07, 6.45) is 1.03. The van der Waals surface area contributed by atoms with Crippen LogP contribution < -0.4 is 9.47 Å². The molecule has 2 aromatic rings. The van der Waals surface area contributed by atoms with Gasteiger partial charge in [0.15, 0.2) is 0 Å². The van der Waals surface area contributed by atoms with Gasteiger partial charge in [-0.05, 0) is 38.0 Å². The maximum absolute atomic E-state index is 13.1. The van der Waals surface area contributed by atoms with Gasteiger partial charge in [0.25, 0.3) is 5.91 Å². The number of nitriles is 1. The third-order valence-electron chi connectivity index (χ3n) is 4.09. The van der Waals surface area contributed by atoms with Crippen molar-refractivity contribution in [1.82, 2.24) is 4.90 Å². The van der Waals surface area contributed by atoms with E-state index >= 15 is 0 Å². The van der Waals surface area contributed by atoms with E-state index in [9.17, 15) is 4.79 Å². The molecule has 5 heteroatoms. The quantitative estimate of drug-likeness (QED) is 0.635. The minimum atomic E-state index is -0.132. The molecule has 0 heterocycles. The van der Waals surface area contributed by atoms with E-state index in [0.29, 0.717) is 49.8 Å². The van der Waals surface area contributed by atoms with E-state index in [0.717, 1.165) is 12.0 Å². The summed E-state index contributed by atoms with van der Waals surface area (Å²) in [5.41, 5.74) is 1.65. The molecule has 0 saturated carbocycles. The van der Waals surface area contributed by atoms with Crippen molar-refractivity contribution >= 4 is 5.91 Å². The Labute approximate surface area is 161 Å². The Hall–Kier alpha value is -3.00. The number of nitrogens with zero attached hydrogens (tertiary/aromatic N) is 2. The normalized spacial score (nSPS) is 10.1. The fourth-order valence-electron chi connectivity index (χ4n) is 2.79. The van der Waals surface area contributed by atoms with Gasteiger partial charge in [-0.25, -0.2) is 0 Å². The second kappa shape index (κ2) is 10.9. The van der Waals surface area contributed by atoms with Gasteiger partial charge in [0, 0.05) is 19.2 Å². The number of ether oxygens (including phenoxy) is 2. The summed E-state index contributed by atoms with van der Waals surface area (Å²) in [5.74, 6) is 1.05. The van der Waals surface area contributed by atoms with E-state index in [1.165, 1.54) is 0 Å². The average molecular weight is 366 g/mol. The van der Waals surface area contributed by atoms with Crippen LogP contribution in [0.15, 0.2) is 48.5 Å². The minimum absolute atomic E-state index is 0.132. The van der Waals surface area contributed by atoms with Crippen molar-refractivity contribution in [3.05, 3.63) is 59.7 Å². The molecule has 5 nitrogen and oxygen atoms in total. The molecule has 27 heavy (non-hydrogen) atoms. The maximum Gasteiger partial charge on any atom is 0.257 e. The summed E-state index contributed by atoms with van der Waals surface area (Å²) in [5, 5.41) is 8.96. The number of hydrogen-bond donors (Lipinski definition) is 0. The molecule has 0 aliphatic rings. The molecular weight excluding hydrogens is 340 g/mol. The van der Waals surface area contributed by atoms with E-state index in [1.807, 2.05) is 44.2 Å². The Morgan fingerprint density at radius 1 is 1.04 bits per heavy atom. The zero-order chi connectivity index (χ0) is 19.5. The predicted octanol–water partition coefficient (Wildman–Crippen LogP) is 4.08. The Morgan fingerprint density at radius 2 is 1.78 bits per heavy atom. The molecule has 0 unspecified atom stereocenters. The summed E-state index contributed by atoms with van der Waals surface area (Å²) < 4.78 is 11.2. The van der Waals surface area contributed by atoms with Gasteiger partial charge < -0.3 is 14.4 Å². The summed E-state index contributed by atoms with van der Waals surface area (Å²) in [4.78, 5) is 14.8. The first-order valence-electron chi connectivity index (χ1n) is 9.29. The molecule has 0 spiro atoms. The third kappa shape index (κ3) is 6.03. The fraction of sp³-hybridized carbons (Fsp3) is 0.364. The van der Waals surface area contributed by atoms with Crippen LogP contribution >= 0.6 is 0 Å². The number of rotatable bonds is 10. The molecule has 2 rings (SSSR count). The molecule has 0 N–H and O–H groups in total. The molecule has 2 aromatic carbocycles. The summed E-state index contributed by atoms with van der Waals surface area (Å²) >= 11 is 0. The van der Waals surface area contributed by atoms with Crippen LogP contribution in [0.1, 0.15) is 36.2 Å². The lowest BCUT2D eigenvalue weighted by Gasteiger charge is -2.23. The lowest BCUT2D eigenvalue weighted by Crippen LogP contribution is -2.34. The van der Waals surface area contributed by atoms with E-state index < -0.39 is 0 Å². The van der Waals surface area contributed by atoms with Crippen LogP contribution in [0, 0.1) is 11.3 Å². The number of amides is 1. The van der Waals surface area contributed by atoms with Gasteiger partial charge in [-0.3, -0.25) is 4.79 Å². The Bertz CT molecular complexity index is 769. The van der Waals surface area contributed by atoms with Crippen LogP contribution in [0.25, 0.3) is 0 Å². The highest BCUT2D eigenvalue weighted by molar-refractivity contribution is 5.97. The molecule has 0 aromatic heterocycles. The molecule has 0 fully saturated rings. The molecule has 1 amide bonds. The number of hydrogen-bond acceptors (Lipinski definition) is 4. The third-order valence-corrected chi connectivity index (χ3v) is 4.09. The number of carbonyl (C=O) groups is 1. The van der Waals surface area contributed by atoms with Crippen LogP contribution in [-0.2, 0) is 6.42 Å². The van der Waals surface area contributed by atoms with Gasteiger partial charge in [-0.1, -0.05) is 30.3 Å². The van der Waals surface area contributed by atoms with Crippen LogP contribution in [-0.4, -0.2) is 37.1 Å². The average Bonchev–Trinajstić information content (AvgIpc) is 2.69. The van der Waals surface area contributed by atoms with Gasteiger partial charge in [0.1, 0.15) is 11.5 Å². The minimum Gasteiger partial charge on any atom is -0.494 e. The van der Waals surface area contributed by atoms with Crippen molar-refractivity contribution in [3.8, 4) is 17.6 Å². The van der Waals surface area contributed by atoms with E-state index in [4.69, 9.17) is 14.7 Å². The zero-order valence-corrected chi connectivity index (χ0v) is 16.0.